The Morgan fingerprint density at radius 2 is 1.59 bits per heavy atom. The third-order valence-electron chi connectivity index (χ3n) is 5.21. The van der Waals surface area contributed by atoms with Gasteiger partial charge >= 0.3 is 0 Å². The summed E-state index contributed by atoms with van der Waals surface area (Å²) in [6.07, 6.45) is 8.41. The molecule has 1 unspecified atom stereocenters. The minimum atomic E-state index is -0.962. The number of aromatic nitrogens is 3. The summed E-state index contributed by atoms with van der Waals surface area (Å²) in [5, 5.41) is 0. The van der Waals surface area contributed by atoms with E-state index in [1.54, 1.807) is 30.9 Å². The Labute approximate surface area is 166 Å². The highest BCUT2D eigenvalue weighted by molar-refractivity contribution is 6.03. The number of benzene rings is 2. The molecule has 140 valence electrons. The van der Waals surface area contributed by atoms with Crippen molar-refractivity contribution in [2.24, 2.45) is 10.7 Å². The summed E-state index contributed by atoms with van der Waals surface area (Å²) < 4.78 is 14.3. The fourth-order valence-electron chi connectivity index (χ4n) is 3.91. The van der Waals surface area contributed by atoms with Crippen LogP contribution in [0.3, 0.4) is 0 Å². The molecule has 0 aliphatic carbocycles. The summed E-state index contributed by atoms with van der Waals surface area (Å²) in [6, 6.07) is 16.3. The van der Waals surface area contributed by atoms with E-state index in [0.717, 1.165) is 27.8 Å². The van der Waals surface area contributed by atoms with Crippen LogP contribution in [-0.4, -0.2) is 20.8 Å². The highest BCUT2D eigenvalue weighted by Crippen LogP contribution is 2.46. The summed E-state index contributed by atoms with van der Waals surface area (Å²) in [7, 11) is 0. The monoisotopic (exact) mass is 381 g/mol. The topological polar surface area (TPSA) is 77.0 Å². The molecular formula is C23H16FN5. The number of nitrogens with zero attached hydrogens (tertiary/aromatic N) is 4. The van der Waals surface area contributed by atoms with Gasteiger partial charge in [0.2, 0.25) is 0 Å². The molecule has 1 atom stereocenters. The third-order valence-corrected chi connectivity index (χ3v) is 5.21. The fourth-order valence-corrected chi connectivity index (χ4v) is 3.91. The molecule has 29 heavy (non-hydrogen) atoms. The van der Waals surface area contributed by atoms with Gasteiger partial charge in [-0.15, -0.1) is 0 Å². The number of hydrogen-bond donors (Lipinski definition) is 1. The number of amidine groups is 1. The first-order valence-electron chi connectivity index (χ1n) is 9.10. The zero-order chi connectivity index (χ0) is 19.8. The normalized spacial score (nSPS) is 17.6. The number of pyridine rings is 1. The zero-order valence-corrected chi connectivity index (χ0v) is 15.3. The Morgan fingerprint density at radius 1 is 0.793 bits per heavy atom. The molecule has 0 bridgehead atoms. The molecule has 3 heterocycles. The first-order chi connectivity index (χ1) is 14.2. The Kier molecular flexibility index (Phi) is 3.91. The standard InChI is InChI=1S/C23H16FN5/c24-19-4-5-20-21(11-19)23(29-22(20)25,17-6-8-26-9-7-17)18-3-1-2-15(10-18)16-12-27-14-28-13-16/h1-14H,(H2,25,29). The second-order valence-corrected chi connectivity index (χ2v) is 6.84. The second kappa shape index (κ2) is 6.60. The van der Waals surface area contributed by atoms with Gasteiger partial charge in [-0.1, -0.05) is 18.2 Å². The van der Waals surface area contributed by atoms with Crippen molar-refractivity contribution >= 4 is 5.84 Å². The lowest BCUT2D eigenvalue weighted by Crippen LogP contribution is -2.25. The minimum Gasteiger partial charge on any atom is -0.383 e. The zero-order valence-electron chi connectivity index (χ0n) is 15.3. The molecular weight excluding hydrogens is 365 g/mol. The molecule has 2 N–H and O–H groups in total. The molecule has 4 aromatic rings. The summed E-state index contributed by atoms with van der Waals surface area (Å²) in [4.78, 5) is 17.2. The van der Waals surface area contributed by atoms with Crippen LogP contribution in [0.25, 0.3) is 11.1 Å². The molecule has 0 saturated carbocycles. The maximum Gasteiger partial charge on any atom is 0.139 e. The smallest absolute Gasteiger partial charge is 0.139 e. The van der Waals surface area contributed by atoms with Crippen molar-refractivity contribution < 1.29 is 4.39 Å². The molecule has 6 heteroatoms. The van der Waals surface area contributed by atoms with Crippen LogP contribution in [0.4, 0.5) is 4.39 Å². The van der Waals surface area contributed by atoms with Gasteiger partial charge in [-0.05, 0) is 53.1 Å². The van der Waals surface area contributed by atoms with Crippen LogP contribution in [0.15, 0.2) is 90.7 Å². The van der Waals surface area contributed by atoms with E-state index in [9.17, 15) is 4.39 Å². The van der Waals surface area contributed by atoms with Gasteiger partial charge in [0.25, 0.3) is 0 Å². The van der Waals surface area contributed by atoms with Crippen molar-refractivity contribution in [3.05, 3.63) is 114 Å². The number of halogens is 1. The summed E-state index contributed by atoms with van der Waals surface area (Å²) in [6.45, 7) is 0. The van der Waals surface area contributed by atoms with Crippen molar-refractivity contribution in [1.82, 2.24) is 15.0 Å². The fraction of sp³-hybridized carbons (Fsp3) is 0.0435. The van der Waals surface area contributed by atoms with Gasteiger partial charge < -0.3 is 5.73 Å². The SMILES string of the molecule is NC1=NC(c2ccncc2)(c2cccc(-c3cncnc3)c2)c2cc(F)ccc21. The molecule has 0 fully saturated rings. The molecule has 0 amide bonds. The Balaban J connectivity index is 1.81. The van der Waals surface area contributed by atoms with E-state index in [0.29, 0.717) is 11.4 Å². The van der Waals surface area contributed by atoms with Crippen molar-refractivity contribution in [2.45, 2.75) is 5.54 Å². The molecule has 1 aliphatic rings. The Hall–Kier alpha value is -3.93. The first-order valence-corrected chi connectivity index (χ1v) is 9.10. The lowest BCUT2D eigenvalue weighted by molar-refractivity contribution is 0.611. The van der Waals surface area contributed by atoms with E-state index in [2.05, 4.69) is 15.0 Å². The number of nitrogens with two attached hydrogens (primary N) is 1. The highest BCUT2D eigenvalue weighted by atomic mass is 19.1. The van der Waals surface area contributed by atoms with Gasteiger partial charge in [0, 0.05) is 41.5 Å². The Morgan fingerprint density at radius 3 is 2.38 bits per heavy atom. The molecule has 0 radical (unpaired) electrons. The summed E-state index contributed by atoms with van der Waals surface area (Å²) in [5.74, 6) is 0.0463. The lowest BCUT2D eigenvalue weighted by atomic mass is 9.77. The molecule has 5 rings (SSSR count). The highest BCUT2D eigenvalue weighted by Gasteiger charge is 2.43. The molecule has 0 saturated heterocycles. The van der Waals surface area contributed by atoms with Gasteiger partial charge in [-0.2, -0.15) is 0 Å². The van der Waals surface area contributed by atoms with Crippen molar-refractivity contribution in [2.75, 3.05) is 0 Å². The maximum absolute atomic E-state index is 14.3. The largest absolute Gasteiger partial charge is 0.383 e. The molecule has 0 spiro atoms. The van der Waals surface area contributed by atoms with Crippen LogP contribution in [-0.2, 0) is 5.54 Å². The minimum absolute atomic E-state index is 0.334. The van der Waals surface area contributed by atoms with Gasteiger partial charge in [-0.3, -0.25) is 4.98 Å². The van der Waals surface area contributed by atoms with Crippen LogP contribution in [0, 0.1) is 5.82 Å². The van der Waals surface area contributed by atoms with Crippen molar-refractivity contribution in [1.29, 1.82) is 0 Å². The van der Waals surface area contributed by atoms with Gasteiger partial charge in [0.05, 0.1) is 0 Å². The third kappa shape index (κ3) is 2.69. The van der Waals surface area contributed by atoms with Crippen molar-refractivity contribution in [3.8, 4) is 11.1 Å². The quantitative estimate of drug-likeness (QED) is 0.587. The number of hydrogen-bond acceptors (Lipinski definition) is 5. The van der Waals surface area contributed by atoms with Crippen molar-refractivity contribution in [3.63, 3.8) is 0 Å². The van der Waals surface area contributed by atoms with Crippen LogP contribution in [0.5, 0.6) is 0 Å². The Bertz CT molecular complexity index is 1220. The summed E-state index contributed by atoms with van der Waals surface area (Å²) >= 11 is 0. The molecule has 2 aromatic heterocycles. The van der Waals surface area contributed by atoms with Crippen LogP contribution in [0.2, 0.25) is 0 Å². The summed E-state index contributed by atoms with van der Waals surface area (Å²) in [5.41, 5.74) is 10.3. The van der Waals surface area contributed by atoms with E-state index in [-0.39, 0.29) is 5.82 Å². The van der Waals surface area contributed by atoms with E-state index >= 15 is 0 Å². The average molecular weight is 381 g/mol. The van der Waals surface area contributed by atoms with E-state index < -0.39 is 5.54 Å². The van der Waals surface area contributed by atoms with Gasteiger partial charge in [0.1, 0.15) is 23.5 Å². The van der Waals surface area contributed by atoms with E-state index in [1.165, 1.54) is 18.5 Å². The number of fused-ring (bicyclic) bond motifs is 1. The molecule has 1 aliphatic heterocycles. The lowest BCUT2D eigenvalue weighted by Gasteiger charge is -2.29. The second-order valence-electron chi connectivity index (χ2n) is 6.84. The predicted molar refractivity (Wildman–Crippen MR) is 109 cm³/mol. The first kappa shape index (κ1) is 17.2. The number of rotatable bonds is 3. The van der Waals surface area contributed by atoms with Gasteiger partial charge in [-0.25, -0.2) is 19.4 Å². The predicted octanol–water partition coefficient (Wildman–Crippen LogP) is 3.69. The number of aliphatic imine (C=N–C) groups is 1. The van der Waals surface area contributed by atoms with Crippen LogP contribution in [0.1, 0.15) is 22.3 Å². The molecule has 5 nitrogen and oxygen atoms in total. The maximum atomic E-state index is 14.3. The van der Waals surface area contributed by atoms with E-state index in [4.69, 9.17) is 10.7 Å². The average Bonchev–Trinajstić information content (AvgIpc) is 3.08. The van der Waals surface area contributed by atoms with Crippen LogP contribution >= 0.6 is 0 Å². The van der Waals surface area contributed by atoms with Gasteiger partial charge in [0.15, 0.2) is 0 Å². The molecule has 2 aromatic carbocycles. The van der Waals surface area contributed by atoms with Crippen LogP contribution < -0.4 is 5.73 Å². The van der Waals surface area contributed by atoms with E-state index in [1.807, 2.05) is 36.4 Å².